The Bertz CT molecular complexity index is 1030. The lowest BCUT2D eigenvalue weighted by atomic mass is 10.1. The number of hydrogen-bond donors (Lipinski definition) is 0. The van der Waals surface area contributed by atoms with Gasteiger partial charge in [0.15, 0.2) is 17.6 Å². The summed E-state index contributed by atoms with van der Waals surface area (Å²) in [5.41, 5.74) is 3.63. The van der Waals surface area contributed by atoms with E-state index in [1.54, 1.807) is 12.0 Å². The van der Waals surface area contributed by atoms with Crippen LogP contribution in [0.2, 0.25) is 0 Å². The van der Waals surface area contributed by atoms with Crippen LogP contribution in [-0.4, -0.2) is 40.9 Å². The lowest BCUT2D eigenvalue weighted by molar-refractivity contribution is -0.143. The predicted molar refractivity (Wildman–Crippen MR) is 116 cm³/mol. The molecule has 0 N–H and O–H groups in total. The first-order chi connectivity index (χ1) is 15.0. The van der Waals surface area contributed by atoms with Crippen molar-refractivity contribution in [3.8, 4) is 11.5 Å². The lowest BCUT2D eigenvalue weighted by Gasteiger charge is -2.27. The van der Waals surface area contributed by atoms with Crippen molar-refractivity contribution in [3.63, 3.8) is 0 Å². The fourth-order valence-electron chi connectivity index (χ4n) is 3.70. The Balaban J connectivity index is 1.62. The summed E-state index contributed by atoms with van der Waals surface area (Å²) in [6, 6.07) is 17.3. The number of aryl methyl sites for hydroxylation is 2. The number of fused-ring (bicyclic) bond motifs is 1. The van der Waals surface area contributed by atoms with Crippen LogP contribution in [0.25, 0.3) is 0 Å². The second-order valence-electron chi connectivity index (χ2n) is 7.60. The summed E-state index contributed by atoms with van der Waals surface area (Å²) >= 11 is 0. The van der Waals surface area contributed by atoms with E-state index in [1.807, 2.05) is 73.3 Å². The van der Waals surface area contributed by atoms with E-state index in [1.165, 1.54) is 0 Å². The van der Waals surface area contributed by atoms with Crippen LogP contribution in [0.4, 0.5) is 0 Å². The number of benzene rings is 2. The van der Waals surface area contributed by atoms with Crippen LogP contribution in [0.3, 0.4) is 0 Å². The maximum atomic E-state index is 13.6. The number of carbonyl (C=O) groups excluding carboxylic acids is 1. The molecule has 0 saturated heterocycles. The monoisotopic (exact) mass is 421 g/mol. The van der Waals surface area contributed by atoms with Crippen molar-refractivity contribution >= 4 is 5.91 Å². The molecule has 31 heavy (non-hydrogen) atoms. The van der Waals surface area contributed by atoms with Crippen LogP contribution >= 0.6 is 0 Å². The van der Waals surface area contributed by atoms with Crippen molar-refractivity contribution in [2.24, 2.45) is 7.05 Å². The number of nitrogens with zero attached hydrogens (tertiary/aromatic N) is 3. The number of ether oxygens (including phenoxy) is 3. The van der Waals surface area contributed by atoms with Gasteiger partial charge in [0.1, 0.15) is 13.2 Å². The molecule has 2 aromatic carbocycles. The molecule has 0 aliphatic carbocycles. The van der Waals surface area contributed by atoms with Crippen molar-refractivity contribution in [1.82, 2.24) is 14.7 Å². The van der Waals surface area contributed by atoms with Gasteiger partial charge < -0.3 is 19.1 Å². The summed E-state index contributed by atoms with van der Waals surface area (Å²) < 4.78 is 18.8. The molecule has 0 saturated carbocycles. The van der Waals surface area contributed by atoms with Crippen LogP contribution in [-0.2, 0) is 29.7 Å². The number of aromatic nitrogens is 2. The highest BCUT2D eigenvalue weighted by Gasteiger charge is 2.27. The first-order valence-corrected chi connectivity index (χ1v) is 10.3. The number of hydrogen-bond acceptors (Lipinski definition) is 5. The Kier molecular flexibility index (Phi) is 6.23. The van der Waals surface area contributed by atoms with E-state index in [2.05, 4.69) is 5.10 Å². The van der Waals surface area contributed by atoms with Gasteiger partial charge in [-0.2, -0.15) is 5.10 Å². The molecule has 7 heteroatoms. The van der Waals surface area contributed by atoms with Gasteiger partial charge in [-0.1, -0.05) is 36.4 Å². The maximum Gasteiger partial charge on any atom is 0.256 e. The van der Waals surface area contributed by atoms with Crippen molar-refractivity contribution in [1.29, 1.82) is 0 Å². The molecule has 0 spiro atoms. The predicted octanol–water partition coefficient (Wildman–Crippen LogP) is 3.42. The molecule has 1 aliphatic heterocycles. The smallest absolute Gasteiger partial charge is 0.256 e. The first-order valence-electron chi connectivity index (χ1n) is 10.3. The third-order valence-corrected chi connectivity index (χ3v) is 5.37. The molecule has 4 rings (SSSR count). The van der Waals surface area contributed by atoms with Crippen molar-refractivity contribution < 1.29 is 19.0 Å². The largest absolute Gasteiger partial charge is 0.486 e. The quantitative estimate of drug-likeness (QED) is 0.585. The lowest BCUT2D eigenvalue weighted by Crippen LogP contribution is -2.35. The average Bonchev–Trinajstić information content (AvgIpc) is 3.11. The Morgan fingerprint density at radius 3 is 2.52 bits per heavy atom. The van der Waals surface area contributed by atoms with E-state index >= 15 is 0 Å². The minimum absolute atomic E-state index is 0.119. The first kappa shape index (κ1) is 20.9. The van der Waals surface area contributed by atoms with Crippen molar-refractivity contribution in [2.75, 3.05) is 20.3 Å². The Morgan fingerprint density at radius 1 is 1.10 bits per heavy atom. The van der Waals surface area contributed by atoms with Crippen molar-refractivity contribution in [2.45, 2.75) is 26.1 Å². The van der Waals surface area contributed by atoms with Gasteiger partial charge in [0, 0.05) is 26.4 Å². The number of rotatable bonds is 7. The van der Waals surface area contributed by atoms with Crippen LogP contribution < -0.4 is 9.47 Å². The molecule has 1 amide bonds. The third kappa shape index (κ3) is 4.72. The van der Waals surface area contributed by atoms with E-state index in [0.29, 0.717) is 32.1 Å². The molecule has 1 aliphatic rings. The van der Waals surface area contributed by atoms with Gasteiger partial charge in [0.2, 0.25) is 0 Å². The molecule has 3 aromatic rings. The Hall–Kier alpha value is -3.32. The molecule has 0 unspecified atom stereocenters. The molecule has 2 heterocycles. The Morgan fingerprint density at radius 2 is 1.84 bits per heavy atom. The van der Waals surface area contributed by atoms with E-state index in [9.17, 15) is 4.79 Å². The molecule has 1 aromatic heterocycles. The highest BCUT2D eigenvalue weighted by atomic mass is 16.6. The zero-order valence-electron chi connectivity index (χ0n) is 18.1. The van der Waals surface area contributed by atoms with Gasteiger partial charge in [-0.15, -0.1) is 0 Å². The molecule has 0 bridgehead atoms. The molecule has 162 valence electrons. The fraction of sp³-hybridized carbons (Fsp3) is 0.333. The third-order valence-electron chi connectivity index (χ3n) is 5.37. The normalized spacial score (nSPS) is 13.6. The van der Waals surface area contributed by atoms with E-state index in [0.717, 1.165) is 28.3 Å². The number of amides is 1. The minimum atomic E-state index is -0.691. The highest BCUT2D eigenvalue weighted by Crippen LogP contribution is 2.31. The van der Waals surface area contributed by atoms with Crippen LogP contribution in [0.5, 0.6) is 11.5 Å². The summed E-state index contributed by atoms with van der Waals surface area (Å²) in [5, 5.41) is 4.54. The molecule has 7 nitrogen and oxygen atoms in total. The summed E-state index contributed by atoms with van der Waals surface area (Å²) in [7, 11) is 3.45. The SMILES string of the molecule is CO[C@H](C(=O)N(Cc1ccc2c(c1)OCCO2)Cc1cc(C)n(C)n1)c1ccccc1. The highest BCUT2D eigenvalue weighted by molar-refractivity contribution is 5.82. The van der Waals surface area contributed by atoms with Gasteiger partial charge in [-0.25, -0.2) is 0 Å². The average molecular weight is 421 g/mol. The minimum Gasteiger partial charge on any atom is -0.486 e. The van der Waals surface area contributed by atoms with Gasteiger partial charge in [0.05, 0.1) is 12.2 Å². The molecular weight excluding hydrogens is 394 g/mol. The topological polar surface area (TPSA) is 65.8 Å². The second-order valence-corrected chi connectivity index (χ2v) is 7.60. The Labute approximate surface area is 182 Å². The van der Waals surface area contributed by atoms with Crippen LogP contribution in [0.15, 0.2) is 54.6 Å². The zero-order chi connectivity index (χ0) is 21.8. The molecular formula is C24H27N3O4. The van der Waals surface area contributed by atoms with Crippen LogP contribution in [0, 0.1) is 6.92 Å². The van der Waals surface area contributed by atoms with Crippen LogP contribution in [0.1, 0.15) is 28.6 Å². The van der Waals surface area contributed by atoms with Gasteiger partial charge >= 0.3 is 0 Å². The summed E-state index contributed by atoms with van der Waals surface area (Å²) in [6.45, 7) is 3.83. The standard InChI is InChI=1S/C24H27N3O4/c1-17-13-20(25-26(17)2)16-27(24(28)23(29-3)19-7-5-4-6-8-19)15-18-9-10-21-22(14-18)31-12-11-30-21/h4-10,13-14,23H,11-12,15-16H2,1-3H3/t23-/m0/s1. The zero-order valence-corrected chi connectivity index (χ0v) is 18.1. The fourth-order valence-corrected chi connectivity index (χ4v) is 3.70. The molecule has 1 atom stereocenters. The summed E-state index contributed by atoms with van der Waals surface area (Å²) in [4.78, 5) is 15.3. The number of carbonyl (C=O) groups is 1. The summed E-state index contributed by atoms with van der Waals surface area (Å²) in [6.07, 6.45) is -0.691. The van der Waals surface area contributed by atoms with E-state index in [-0.39, 0.29) is 5.91 Å². The molecule has 0 fully saturated rings. The van der Waals surface area contributed by atoms with Crippen molar-refractivity contribution in [3.05, 3.63) is 77.1 Å². The van der Waals surface area contributed by atoms with Gasteiger partial charge in [-0.3, -0.25) is 9.48 Å². The second kappa shape index (κ2) is 9.22. The van der Waals surface area contributed by atoms with Gasteiger partial charge in [-0.05, 0) is 36.2 Å². The van der Waals surface area contributed by atoms with E-state index in [4.69, 9.17) is 14.2 Å². The number of methoxy groups -OCH3 is 1. The van der Waals surface area contributed by atoms with E-state index < -0.39 is 6.10 Å². The summed E-state index contributed by atoms with van der Waals surface area (Å²) in [5.74, 6) is 1.32. The molecule has 0 radical (unpaired) electrons. The maximum absolute atomic E-state index is 13.6. The van der Waals surface area contributed by atoms with Gasteiger partial charge in [0.25, 0.3) is 5.91 Å².